The molecule has 0 amide bonds. The van der Waals surface area contributed by atoms with Crippen LogP contribution in [0.15, 0.2) is 12.4 Å². The molecule has 76 valence electrons. The predicted octanol–water partition coefficient (Wildman–Crippen LogP) is 1.86. The molecule has 0 N–H and O–H groups in total. The Morgan fingerprint density at radius 3 is 2.50 bits per heavy atom. The summed E-state index contributed by atoms with van der Waals surface area (Å²) in [5.41, 5.74) is -0.00358. The quantitative estimate of drug-likeness (QED) is 0.674. The molecule has 0 aromatic carbocycles. The van der Waals surface area contributed by atoms with Gasteiger partial charge in [0.1, 0.15) is 11.3 Å². The van der Waals surface area contributed by atoms with E-state index in [1.165, 1.54) is 19.3 Å². The van der Waals surface area contributed by atoms with Crippen molar-refractivity contribution < 1.29 is 9.53 Å². The van der Waals surface area contributed by atoms with Crippen molar-refractivity contribution in [2.45, 2.75) is 33.3 Å². The molecular weight excluding hydrogens is 180 g/mol. The summed E-state index contributed by atoms with van der Waals surface area (Å²) >= 11 is 0. The zero-order chi connectivity index (χ0) is 10.8. The fourth-order valence-electron chi connectivity index (χ4n) is 0.881. The van der Waals surface area contributed by atoms with Crippen LogP contribution >= 0.6 is 0 Å². The summed E-state index contributed by atoms with van der Waals surface area (Å²) in [5, 5.41) is 0. The van der Waals surface area contributed by atoms with E-state index in [-0.39, 0.29) is 11.4 Å². The summed E-state index contributed by atoms with van der Waals surface area (Å²) in [5.74, 6) is 0.266. The Balaban J connectivity index is 2.89. The Bertz CT molecular complexity index is 342. The van der Waals surface area contributed by atoms with E-state index in [1.807, 2.05) is 20.8 Å². The third kappa shape index (κ3) is 3.12. The lowest BCUT2D eigenvalue weighted by molar-refractivity contribution is 0.0997. The number of hydrogen-bond acceptors (Lipinski definition) is 4. The maximum absolute atomic E-state index is 11.0. The molecular formula is C10H14N2O2. The highest BCUT2D eigenvalue weighted by molar-refractivity contribution is 5.91. The van der Waals surface area contributed by atoms with Crippen LogP contribution in [-0.4, -0.2) is 21.4 Å². The highest BCUT2D eigenvalue weighted by Crippen LogP contribution is 2.14. The standard InChI is InChI=1S/C10H14N2O2/c1-7(13)8-5-11-6-9(12-8)14-10(2,3)4/h5-6H,1-4H3. The lowest BCUT2D eigenvalue weighted by Crippen LogP contribution is -2.24. The van der Waals surface area contributed by atoms with Crippen molar-refractivity contribution in [3.05, 3.63) is 18.1 Å². The van der Waals surface area contributed by atoms with Crippen LogP contribution in [0.2, 0.25) is 0 Å². The molecule has 1 heterocycles. The van der Waals surface area contributed by atoms with Gasteiger partial charge in [0.05, 0.1) is 12.4 Å². The number of aromatic nitrogens is 2. The largest absolute Gasteiger partial charge is 0.471 e. The monoisotopic (exact) mass is 194 g/mol. The average molecular weight is 194 g/mol. The van der Waals surface area contributed by atoms with Gasteiger partial charge in [-0.2, -0.15) is 0 Å². The number of nitrogens with zero attached hydrogens (tertiary/aromatic N) is 2. The van der Waals surface area contributed by atoms with Crippen molar-refractivity contribution in [2.75, 3.05) is 0 Å². The lowest BCUT2D eigenvalue weighted by Gasteiger charge is -2.19. The van der Waals surface area contributed by atoms with Crippen molar-refractivity contribution in [2.24, 2.45) is 0 Å². The average Bonchev–Trinajstić information content (AvgIpc) is 2.01. The highest BCUT2D eigenvalue weighted by Gasteiger charge is 2.13. The second kappa shape index (κ2) is 3.74. The first kappa shape index (κ1) is 10.6. The molecule has 4 nitrogen and oxygen atoms in total. The van der Waals surface area contributed by atoms with Gasteiger partial charge in [-0.1, -0.05) is 0 Å². The molecule has 0 radical (unpaired) electrons. The van der Waals surface area contributed by atoms with Crippen LogP contribution in [0.3, 0.4) is 0 Å². The Morgan fingerprint density at radius 2 is 2.00 bits per heavy atom. The van der Waals surface area contributed by atoms with Crippen LogP contribution in [0.25, 0.3) is 0 Å². The third-order valence-corrected chi connectivity index (χ3v) is 1.38. The van der Waals surface area contributed by atoms with E-state index in [4.69, 9.17) is 4.74 Å². The van der Waals surface area contributed by atoms with Gasteiger partial charge in [-0.05, 0) is 20.8 Å². The Labute approximate surface area is 83.3 Å². The number of rotatable bonds is 2. The molecule has 1 rings (SSSR count). The molecule has 0 aliphatic heterocycles. The van der Waals surface area contributed by atoms with E-state index in [2.05, 4.69) is 9.97 Å². The Morgan fingerprint density at radius 1 is 1.36 bits per heavy atom. The second-order valence-corrected chi connectivity index (χ2v) is 4.01. The number of Topliss-reactive ketones (excluding diaryl/α,β-unsaturated/α-hetero) is 1. The van der Waals surface area contributed by atoms with Gasteiger partial charge in [0, 0.05) is 6.92 Å². The first-order valence-electron chi connectivity index (χ1n) is 4.40. The van der Waals surface area contributed by atoms with E-state index < -0.39 is 0 Å². The van der Waals surface area contributed by atoms with E-state index in [9.17, 15) is 4.79 Å². The van der Waals surface area contributed by atoms with Crippen molar-refractivity contribution >= 4 is 5.78 Å². The topological polar surface area (TPSA) is 52.1 Å². The van der Waals surface area contributed by atoms with Gasteiger partial charge in [0.25, 0.3) is 0 Å². The number of carbonyl (C=O) groups is 1. The molecule has 1 aromatic rings. The van der Waals surface area contributed by atoms with E-state index in [1.54, 1.807) is 0 Å². The van der Waals surface area contributed by atoms with Gasteiger partial charge in [0.15, 0.2) is 5.78 Å². The summed E-state index contributed by atoms with van der Waals surface area (Å²) in [6.45, 7) is 7.18. The molecule has 0 aliphatic rings. The molecule has 0 bridgehead atoms. The predicted molar refractivity (Wildman–Crippen MR) is 52.4 cm³/mol. The molecule has 14 heavy (non-hydrogen) atoms. The number of carbonyl (C=O) groups excluding carboxylic acids is 1. The van der Waals surface area contributed by atoms with Crippen LogP contribution < -0.4 is 4.74 Å². The van der Waals surface area contributed by atoms with Gasteiger partial charge in [-0.3, -0.25) is 9.78 Å². The van der Waals surface area contributed by atoms with Crippen LogP contribution in [0, 0.1) is 0 Å². The maximum atomic E-state index is 11.0. The van der Waals surface area contributed by atoms with Crippen molar-refractivity contribution in [3.63, 3.8) is 0 Å². The fraction of sp³-hybridized carbons (Fsp3) is 0.500. The summed E-state index contributed by atoms with van der Waals surface area (Å²) in [7, 11) is 0. The lowest BCUT2D eigenvalue weighted by atomic mass is 10.2. The van der Waals surface area contributed by atoms with Crippen LogP contribution in [0.5, 0.6) is 5.88 Å². The minimum absolute atomic E-state index is 0.114. The van der Waals surface area contributed by atoms with E-state index in [0.717, 1.165) is 0 Å². The minimum Gasteiger partial charge on any atom is -0.471 e. The zero-order valence-electron chi connectivity index (χ0n) is 8.87. The molecule has 0 saturated heterocycles. The van der Waals surface area contributed by atoms with E-state index in [0.29, 0.717) is 11.6 Å². The molecule has 1 aromatic heterocycles. The molecule has 0 fully saturated rings. The van der Waals surface area contributed by atoms with Crippen LogP contribution in [-0.2, 0) is 0 Å². The minimum atomic E-state index is -0.329. The molecule has 0 unspecified atom stereocenters. The Hall–Kier alpha value is -1.45. The summed E-state index contributed by atoms with van der Waals surface area (Å²) in [4.78, 5) is 18.9. The van der Waals surface area contributed by atoms with Gasteiger partial charge >= 0.3 is 0 Å². The van der Waals surface area contributed by atoms with Gasteiger partial charge in [-0.15, -0.1) is 0 Å². The SMILES string of the molecule is CC(=O)c1cncc(OC(C)(C)C)n1. The number of hydrogen-bond donors (Lipinski definition) is 0. The first-order valence-corrected chi connectivity index (χ1v) is 4.40. The van der Waals surface area contributed by atoms with Gasteiger partial charge in [-0.25, -0.2) is 4.98 Å². The third-order valence-electron chi connectivity index (χ3n) is 1.38. The molecule has 4 heteroatoms. The van der Waals surface area contributed by atoms with Gasteiger partial charge < -0.3 is 4.74 Å². The molecule has 0 spiro atoms. The zero-order valence-corrected chi connectivity index (χ0v) is 8.87. The summed E-state index contributed by atoms with van der Waals surface area (Å²) < 4.78 is 5.47. The normalized spacial score (nSPS) is 11.1. The fourth-order valence-corrected chi connectivity index (χ4v) is 0.881. The summed E-state index contributed by atoms with van der Waals surface area (Å²) in [6, 6.07) is 0. The highest BCUT2D eigenvalue weighted by atomic mass is 16.5. The second-order valence-electron chi connectivity index (χ2n) is 4.01. The molecule has 0 atom stereocenters. The summed E-state index contributed by atoms with van der Waals surface area (Å²) in [6.07, 6.45) is 2.93. The molecule has 0 aliphatic carbocycles. The maximum Gasteiger partial charge on any atom is 0.233 e. The first-order chi connectivity index (χ1) is 6.38. The van der Waals surface area contributed by atoms with Crippen LogP contribution in [0.1, 0.15) is 38.2 Å². The Kier molecular flexibility index (Phi) is 2.84. The smallest absolute Gasteiger partial charge is 0.233 e. The van der Waals surface area contributed by atoms with E-state index >= 15 is 0 Å². The molecule has 0 saturated carbocycles. The number of ether oxygens (including phenoxy) is 1. The van der Waals surface area contributed by atoms with Crippen molar-refractivity contribution in [3.8, 4) is 5.88 Å². The van der Waals surface area contributed by atoms with Crippen molar-refractivity contribution in [1.82, 2.24) is 9.97 Å². The number of ketones is 1. The van der Waals surface area contributed by atoms with Crippen LogP contribution in [0.4, 0.5) is 0 Å². The van der Waals surface area contributed by atoms with Gasteiger partial charge in [0.2, 0.25) is 5.88 Å². The van der Waals surface area contributed by atoms with Crippen molar-refractivity contribution in [1.29, 1.82) is 0 Å².